The maximum Gasteiger partial charge on any atom is 0.434 e. The van der Waals surface area contributed by atoms with Gasteiger partial charge in [0.1, 0.15) is 6.10 Å². The van der Waals surface area contributed by atoms with E-state index in [9.17, 15) is 22.8 Å². The lowest BCUT2D eigenvalue weighted by atomic mass is 9.86. The van der Waals surface area contributed by atoms with Gasteiger partial charge in [0, 0.05) is 5.38 Å². The molecule has 1 aromatic heterocycles. The Balaban J connectivity index is 1.95. The van der Waals surface area contributed by atoms with Gasteiger partial charge in [0.25, 0.3) is 0 Å². The number of aromatic nitrogens is 1. The van der Waals surface area contributed by atoms with Crippen molar-refractivity contribution in [2.45, 2.75) is 90.0 Å². The predicted molar refractivity (Wildman–Crippen MR) is 105 cm³/mol. The van der Waals surface area contributed by atoms with Crippen LogP contribution >= 0.6 is 11.3 Å². The van der Waals surface area contributed by atoms with Crippen LogP contribution in [0.1, 0.15) is 87.1 Å². The number of carbonyl (C=O) groups excluding carboxylic acids is 2. The van der Waals surface area contributed by atoms with Crippen molar-refractivity contribution in [2.24, 2.45) is 5.92 Å². The molecule has 1 aromatic rings. The zero-order valence-corrected chi connectivity index (χ0v) is 17.7. The monoisotopic (exact) mass is 434 g/mol. The van der Waals surface area contributed by atoms with E-state index in [1.807, 2.05) is 13.8 Å². The Morgan fingerprint density at radius 3 is 2.59 bits per heavy atom. The molecule has 1 aliphatic carbocycles. The molecule has 0 bridgehead atoms. The van der Waals surface area contributed by atoms with Crippen LogP contribution in [0, 0.1) is 5.92 Å². The summed E-state index contributed by atoms with van der Waals surface area (Å²) in [6, 6.07) is -0.948. The number of thiazole rings is 1. The SMILES string of the molecule is CCCC[C@H](NC(=O)O[C@@H](C)CC1CCCCC1)C(=O)c1nc(C(F)(F)F)cs1. The number of rotatable bonds is 9. The number of hydrogen-bond donors (Lipinski definition) is 1. The van der Waals surface area contributed by atoms with E-state index >= 15 is 0 Å². The highest BCUT2D eigenvalue weighted by molar-refractivity contribution is 7.11. The van der Waals surface area contributed by atoms with Crippen molar-refractivity contribution in [3.05, 3.63) is 16.1 Å². The van der Waals surface area contributed by atoms with E-state index in [0.717, 1.165) is 31.1 Å². The Kier molecular flexibility index (Phi) is 8.92. The molecule has 1 heterocycles. The Morgan fingerprint density at radius 2 is 2.00 bits per heavy atom. The number of ether oxygens (including phenoxy) is 1. The summed E-state index contributed by atoms with van der Waals surface area (Å²) in [5, 5.41) is 3.10. The molecule has 0 unspecified atom stereocenters. The quantitative estimate of drug-likeness (QED) is 0.485. The van der Waals surface area contributed by atoms with Gasteiger partial charge in [-0.25, -0.2) is 9.78 Å². The number of Topliss-reactive ketones (excluding diaryl/α,β-unsaturated/α-hetero) is 1. The van der Waals surface area contributed by atoms with Crippen LogP contribution in [0.2, 0.25) is 0 Å². The van der Waals surface area contributed by atoms with E-state index in [0.29, 0.717) is 30.1 Å². The van der Waals surface area contributed by atoms with E-state index in [-0.39, 0.29) is 11.1 Å². The highest BCUT2D eigenvalue weighted by Crippen LogP contribution is 2.31. The Bertz CT molecular complexity index is 672. The summed E-state index contributed by atoms with van der Waals surface area (Å²) >= 11 is 0.638. The minimum absolute atomic E-state index is 0.256. The number of halogens is 3. The third-order valence-corrected chi connectivity index (χ3v) is 6.02. The van der Waals surface area contributed by atoms with Crippen molar-refractivity contribution in [1.29, 1.82) is 0 Å². The minimum Gasteiger partial charge on any atom is -0.447 e. The van der Waals surface area contributed by atoms with Gasteiger partial charge in [-0.05, 0) is 25.7 Å². The van der Waals surface area contributed by atoms with Gasteiger partial charge in [0.05, 0.1) is 6.04 Å². The molecule has 0 aromatic carbocycles. The largest absolute Gasteiger partial charge is 0.447 e. The predicted octanol–water partition coefficient (Wildman–Crippen LogP) is 5.99. The smallest absolute Gasteiger partial charge is 0.434 e. The van der Waals surface area contributed by atoms with Crippen molar-refractivity contribution < 1.29 is 27.5 Å². The molecular weight excluding hydrogens is 405 g/mol. The zero-order valence-electron chi connectivity index (χ0n) is 16.9. The van der Waals surface area contributed by atoms with Crippen LogP contribution in [-0.2, 0) is 10.9 Å². The Morgan fingerprint density at radius 1 is 1.31 bits per heavy atom. The first-order valence-electron chi connectivity index (χ1n) is 10.2. The molecule has 164 valence electrons. The fourth-order valence-electron chi connectivity index (χ4n) is 3.64. The maximum atomic E-state index is 12.8. The highest BCUT2D eigenvalue weighted by Gasteiger charge is 2.35. The second-order valence-corrected chi connectivity index (χ2v) is 8.55. The lowest BCUT2D eigenvalue weighted by molar-refractivity contribution is -0.140. The molecule has 1 aliphatic rings. The van der Waals surface area contributed by atoms with Gasteiger partial charge in [-0.3, -0.25) is 4.79 Å². The number of hydrogen-bond acceptors (Lipinski definition) is 5. The third-order valence-electron chi connectivity index (χ3n) is 5.16. The normalized spacial score (nSPS) is 17.6. The molecule has 29 heavy (non-hydrogen) atoms. The molecule has 5 nitrogen and oxygen atoms in total. The lowest BCUT2D eigenvalue weighted by Crippen LogP contribution is -2.42. The first kappa shape index (κ1) is 23.6. The molecule has 1 N–H and O–H groups in total. The lowest BCUT2D eigenvalue weighted by Gasteiger charge is -2.25. The zero-order chi connectivity index (χ0) is 21.4. The van der Waals surface area contributed by atoms with Gasteiger partial charge < -0.3 is 10.1 Å². The van der Waals surface area contributed by atoms with E-state index in [1.54, 1.807) is 0 Å². The van der Waals surface area contributed by atoms with Crippen LogP contribution in [0.15, 0.2) is 5.38 Å². The van der Waals surface area contributed by atoms with Crippen LogP contribution in [0.5, 0.6) is 0 Å². The molecule has 2 atom stereocenters. The average molecular weight is 435 g/mol. The van der Waals surface area contributed by atoms with Gasteiger partial charge in [0.2, 0.25) is 5.78 Å². The number of amides is 1. The number of ketones is 1. The van der Waals surface area contributed by atoms with Crippen LogP contribution in [0.3, 0.4) is 0 Å². The Hall–Kier alpha value is -1.64. The summed E-state index contributed by atoms with van der Waals surface area (Å²) in [6.07, 6.45) is 2.86. The summed E-state index contributed by atoms with van der Waals surface area (Å²) in [7, 11) is 0. The molecule has 0 radical (unpaired) electrons. The van der Waals surface area contributed by atoms with Gasteiger partial charge in [-0.15, -0.1) is 11.3 Å². The van der Waals surface area contributed by atoms with Crippen molar-refractivity contribution in [3.8, 4) is 0 Å². The van der Waals surface area contributed by atoms with Crippen LogP contribution in [-0.4, -0.2) is 29.0 Å². The van der Waals surface area contributed by atoms with E-state index in [2.05, 4.69) is 10.3 Å². The summed E-state index contributed by atoms with van der Waals surface area (Å²) in [5.74, 6) is -0.0731. The summed E-state index contributed by atoms with van der Waals surface area (Å²) in [6.45, 7) is 3.75. The third kappa shape index (κ3) is 7.60. The standard InChI is InChI=1S/C20H29F3N2O3S/c1-3-4-10-15(17(26)18-25-16(12-29-18)20(21,22)23)24-19(27)28-13(2)11-14-8-6-5-7-9-14/h12-15H,3-11H2,1-2H3,(H,24,27)/t13-,15-/m0/s1. The van der Waals surface area contributed by atoms with E-state index in [4.69, 9.17) is 4.74 Å². The van der Waals surface area contributed by atoms with Gasteiger partial charge in [-0.2, -0.15) is 13.2 Å². The molecule has 1 fully saturated rings. The second kappa shape index (κ2) is 10.9. The van der Waals surface area contributed by atoms with E-state index in [1.165, 1.54) is 19.3 Å². The summed E-state index contributed by atoms with van der Waals surface area (Å²) in [5.41, 5.74) is -1.09. The fraction of sp³-hybridized carbons (Fsp3) is 0.750. The molecule has 1 saturated carbocycles. The van der Waals surface area contributed by atoms with Crippen LogP contribution < -0.4 is 5.32 Å². The van der Waals surface area contributed by atoms with Crippen LogP contribution in [0.4, 0.5) is 18.0 Å². The molecule has 0 spiro atoms. The minimum atomic E-state index is -4.60. The number of alkyl halides is 3. The molecule has 0 aliphatic heterocycles. The molecule has 9 heteroatoms. The average Bonchev–Trinajstić information content (AvgIpc) is 3.16. The second-order valence-electron chi connectivity index (χ2n) is 7.69. The molecular formula is C20H29F3N2O3S. The maximum absolute atomic E-state index is 12.8. The Labute approximate surface area is 173 Å². The molecule has 1 amide bonds. The van der Waals surface area contributed by atoms with Crippen molar-refractivity contribution >= 4 is 23.2 Å². The van der Waals surface area contributed by atoms with Crippen molar-refractivity contribution in [2.75, 3.05) is 0 Å². The van der Waals surface area contributed by atoms with E-state index < -0.39 is 29.8 Å². The highest BCUT2D eigenvalue weighted by atomic mass is 32.1. The van der Waals surface area contributed by atoms with Crippen molar-refractivity contribution in [3.63, 3.8) is 0 Å². The number of nitrogens with zero attached hydrogens (tertiary/aromatic N) is 1. The summed E-state index contributed by atoms with van der Waals surface area (Å²) in [4.78, 5) is 28.3. The molecule has 2 rings (SSSR count). The number of alkyl carbamates (subject to hydrolysis) is 1. The van der Waals surface area contributed by atoms with Crippen molar-refractivity contribution in [1.82, 2.24) is 10.3 Å². The van der Waals surface area contributed by atoms with Gasteiger partial charge >= 0.3 is 12.3 Å². The number of unbranched alkanes of at least 4 members (excludes halogenated alkanes) is 1. The van der Waals surface area contributed by atoms with Gasteiger partial charge in [-0.1, -0.05) is 51.9 Å². The fourth-order valence-corrected chi connectivity index (χ4v) is 4.46. The first-order chi connectivity index (χ1) is 13.7. The van der Waals surface area contributed by atoms with Crippen LogP contribution in [0.25, 0.3) is 0 Å². The topological polar surface area (TPSA) is 68.3 Å². The first-order valence-corrected chi connectivity index (χ1v) is 11.1. The van der Waals surface area contributed by atoms with Gasteiger partial charge in [0.15, 0.2) is 10.7 Å². The molecule has 0 saturated heterocycles. The summed E-state index contributed by atoms with van der Waals surface area (Å²) < 4.78 is 43.7. The number of nitrogens with one attached hydrogen (secondary N) is 1. The number of carbonyl (C=O) groups is 2.